The highest BCUT2D eigenvalue weighted by Crippen LogP contribution is 2.25. The summed E-state index contributed by atoms with van der Waals surface area (Å²) >= 11 is 0. The number of nitrogens with zero attached hydrogens (tertiary/aromatic N) is 1. The van der Waals surface area contributed by atoms with Gasteiger partial charge in [0.15, 0.2) is 0 Å². The molecule has 1 unspecified atom stereocenters. The quantitative estimate of drug-likeness (QED) is 0.823. The fourth-order valence-corrected chi connectivity index (χ4v) is 2.05. The van der Waals surface area contributed by atoms with Crippen molar-refractivity contribution in [3.8, 4) is 0 Å². The predicted octanol–water partition coefficient (Wildman–Crippen LogP) is 1.45. The third-order valence-electron chi connectivity index (χ3n) is 3.10. The molecule has 3 nitrogen and oxygen atoms in total. The molecule has 2 N–H and O–H groups in total. The molecule has 1 aromatic carbocycles. The molecule has 0 aliphatic carbocycles. The molecule has 2 rings (SSSR count). The van der Waals surface area contributed by atoms with Gasteiger partial charge in [-0.25, -0.2) is 4.39 Å². The number of hydrogen-bond donors (Lipinski definition) is 1. The van der Waals surface area contributed by atoms with Crippen LogP contribution in [0.2, 0.25) is 0 Å². The number of carbonyl (C=O) groups is 1. The maximum atomic E-state index is 13.1. The Bertz CT molecular complexity index is 419. The van der Waals surface area contributed by atoms with Gasteiger partial charge in [-0.2, -0.15) is 0 Å². The number of anilines is 1. The number of benzene rings is 1. The van der Waals surface area contributed by atoms with E-state index in [0.717, 1.165) is 18.7 Å². The van der Waals surface area contributed by atoms with Crippen LogP contribution < -0.4 is 10.6 Å². The summed E-state index contributed by atoms with van der Waals surface area (Å²) in [6.45, 7) is 3.18. The monoisotopic (exact) mass is 222 g/mol. The summed E-state index contributed by atoms with van der Waals surface area (Å²) in [5.41, 5.74) is 6.85. The van der Waals surface area contributed by atoms with E-state index in [-0.39, 0.29) is 17.6 Å². The number of hydrogen-bond acceptors (Lipinski definition) is 2. The Hall–Kier alpha value is -1.58. The predicted molar refractivity (Wildman–Crippen MR) is 60.7 cm³/mol. The van der Waals surface area contributed by atoms with Crippen LogP contribution in [0.25, 0.3) is 0 Å². The van der Waals surface area contributed by atoms with E-state index < -0.39 is 0 Å². The van der Waals surface area contributed by atoms with Gasteiger partial charge in [0.05, 0.1) is 5.92 Å². The first kappa shape index (κ1) is 10.9. The Morgan fingerprint density at radius 2 is 2.31 bits per heavy atom. The van der Waals surface area contributed by atoms with Gasteiger partial charge in [0, 0.05) is 18.8 Å². The largest absolute Gasteiger partial charge is 0.371 e. The van der Waals surface area contributed by atoms with Crippen LogP contribution in [0.4, 0.5) is 10.1 Å². The summed E-state index contributed by atoms with van der Waals surface area (Å²) in [6.07, 6.45) is 0.783. The Labute approximate surface area is 94.0 Å². The average Bonchev–Trinajstić information content (AvgIpc) is 2.71. The third kappa shape index (κ3) is 2.01. The van der Waals surface area contributed by atoms with Gasteiger partial charge in [0.25, 0.3) is 0 Å². The molecule has 0 spiro atoms. The summed E-state index contributed by atoms with van der Waals surface area (Å²) in [4.78, 5) is 13.1. The standard InChI is InChI=1S/C12H15FN2O/c1-8-6-10(2-3-11(8)13)15-5-4-9(7-15)12(14)16/h2-3,6,9H,4-5,7H2,1H3,(H2,14,16). The minimum atomic E-state index is -0.249. The molecule has 0 bridgehead atoms. The number of amides is 1. The lowest BCUT2D eigenvalue weighted by molar-refractivity contribution is -0.121. The SMILES string of the molecule is Cc1cc(N2CCC(C(N)=O)C2)ccc1F. The Kier molecular flexibility index (Phi) is 2.81. The Morgan fingerprint density at radius 3 is 2.88 bits per heavy atom. The van der Waals surface area contributed by atoms with Crippen molar-refractivity contribution < 1.29 is 9.18 Å². The van der Waals surface area contributed by atoms with Gasteiger partial charge in [-0.1, -0.05) is 0 Å². The highest BCUT2D eigenvalue weighted by Gasteiger charge is 2.26. The molecule has 1 saturated heterocycles. The highest BCUT2D eigenvalue weighted by atomic mass is 19.1. The van der Waals surface area contributed by atoms with Gasteiger partial charge in [0.2, 0.25) is 5.91 Å². The van der Waals surface area contributed by atoms with E-state index in [9.17, 15) is 9.18 Å². The summed E-state index contributed by atoms with van der Waals surface area (Å²) in [5, 5.41) is 0. The van der Waals surface area contributed by atoms with Crippen molar-refractivity contribution in [2.75, 3.05) is 18.0 Å². The van der Waals surface area contributed by atoms with Crippen LogP contribution in [0.15, 0.2) is 18.2 Å². The minimum Gasteiger partial charge on any atom is -0.371 e. The zero-order valence-corrected chi connectivity index (χ0v) is 9.24. The fourth-order valence-electron chi connectivity index (χ4n) is 2.05. The molecular formula is C12H15FN2O. The van der Waals surface area contributed by atoms with Crippen molar-refractivity contribution >= 4 is 11.6 Å². The minimum absolute atomic E-state index is 0.0784. The maximum absolute atomic E-state index is 13.1. The molecule has 4 heteroatoms. The first-order chi connectivity index (χ1) is 7.58. The summed E-state index contributed by atoms with van der Waals surface area (Å²) < 4.78 is 13.1. The van der Waals surface area contributed by atoms with Crippen molar-refractivity contribution in [2.24, 2.45) is 11.7 Å². The van der Waals surface area contributed by atoms with Gasteiger partial charge < -0.3 is 10.6 Å². The molecular weight excluding hydrogens is 207 g/mol. The van der Waals surface area contributed by atoms with E-state index >= 15 is 0 Å². The fraction of sp³-hybridized carbons (Fsp3) is 0.417. The highest BCUT2D eigenvalue weighted by molar-refractivity contribution is 5.78. The van der Waals surface area contributed by atoms with Crippen LogP contribution >= 0.6 is 0 Å². The number of aryl methyl sites for hydroxylation is 1. The molecule has 1 atom stereocenters. The van der Waals surface area contributed by atoms with Crippen LogP contribution in [0, 0.1) is 18.7 Å². The molecule has 1 amide bonds. The van der Waals surface area contributed by atoms with E-state index in [2.05, 4.69) is 4.90 Å². The smallest absolute Gasteiger partial charge is 0.222 e. The Balaban J connectivity index is 2.14. The van der Waals surface area contributed by atoms with Crippen molar-refractivity contribution in [1.82, 2.24) is 0 Å². The molecule has 1 aromatic rings. The second kappa shape index (κ2) is 4.12. The molecule has 86 valence electrons. The van der Waals surface area contributed by atoms with Gasteiger partial charge in [-0.15, -0.1) is 0 Å². The van der Waals surface area contributed by atoms with Gasteiger partial charge in [-0.3, -0.25) is 4.79 Å². The molecule has 16 heavy (non-hydrogen) atoms. The van der Waals surface area contributed by atoms with E-state index in [1.165, 1.54) is 6.07 Å². The average molecular weight is 222 g/mol. The second-order valence-electron chi connectivity index (χ2n) is 4.27. The molecule has 1 heterocycles. The normalized spacial score (nSPS) is 20.1. The van der Waals surface area contributed by atoms with Crippen LogP contribution in [-0.4, -0.2) is 19.0 Å². The molecule has 0 aromatic heterocycles. The van der Waals surface area contributed by atoms with Gasteiger partial charge in [0.1, 0.15) is 5.82 Å². The van der Waals surface area contributed by atoms with E-state index in [1.807, 2.05) is 0 Å². The lowest BCUT2D eigenvalue weighted by Gasteiger charge is -2.18. The third-order valence-corrected chi connectivity index (χ3v) is 3.10. The van der Waals surface area contributed by atoms with E-state index in [0.29, 0.717) is 12.1 Å². The molecule has 1 aliphatic heterocycles. The van der Waals surface area contributed by atoms with Crippen molar-refractivity contribution in [3.63, 3.8) is 0 Å². The zero-order valence-electron chi connectivity index (χ0n) is 9.24. The first-order valence-corrected chi connectivity index (χ1v) is 5.38. The number of rotatable bonds is 2. The molecule has 1 aliphatic rings. The van der Waals surface area contributed by atoms with Crippen molar-refractivity contribution in [3.05, 3.63) is 29.6 Å². The molecule has 1 fully saturated rings. The van der Waals surface area contributed by atoms with Crippen LogP contribution in [0.3, 0.4) is 0 Å². The molecule has 0 saturated carbocycles. The first-order valence-electron chi connectivity index (χ1n) is 5.38. The van der Waals surface area contributed by atoms with Crippen LogP contribution in [-0.2, 0) is 4.79 Å². The van der Waals surface area contributed by atoms with Crippen LogP contribution in [0.1, 0.15) is 12.0 Å². The Morgan fingerprint density at radius 1 is 1.56 bits per heavy atom. The van der Waals surface area contributed by atoms with Gasteiger partial charge >= 0.3 is 0 Å². The van der Waals surface area contributed by atoms with Crippen molar-refractivity contribution in [2.45, 2.75) is 13.3 Å². The number of halogens is 1. The van der Waals surface area contributed by atoms with Gasteiger partial charge in [-0.05, 0) is 37.1 Å². The number of carbonyl (C=O) groups excluding carboxylic acids is 1. The van der Waals surface area contributed by atoms with E-state index in [4.69, 9.17) is 5.73 Å². The molecule has 0 radical (unpaired) electrons. The maximum Gasteiger partial charge on any atom is 0.222 e. The number of primary amides is 1. The number of nitrogens with two attached hydrogens (primary N) is 1. The summed E-state index contributed by atoms with van der Waals surface area (Å²) in [6, 6.07) is 5.01. The summed E-state index contributed by atoms with van der Waals surface area (Å²) in [7, 11) is 0. The van der Waals surface area contributed by atoms with E-state index in [1.54, 1.807) is 19.1 Å². The topological polar surface area (TPSA) is 46.3 Å². The zero-order chi connectivity index (χ0) is 11.7. The second-order valence-corrected chi connectivity index (χ2v) is 4.27. The lowest BCUT2D eigenvalue weighted by atomic mass is 10.1. The van der Waals surface area contributed by atoms with Crippen LogP contribution in [0.5, 0.6) is 0 Å². The summed E-state index contributed by atoms with van der Waals surface area (Å²) in [5.74, 6) is -0.527. The lowest BCUT2D eigenvalue weighted by Crippen LogP contribution is -2.27. The van der Waals surface area contributed by atoms with Crippen molar-refractivity contribution in [1.29, 1.82) is 0 Å².